The Bertz CT molecular complexity index is 1590. The molecule has 18 N–H and O–H groups in total. The number of aliphatic carboxylic acids is 1. The van der Waals surface area contributed by atoms with Gasteiger partial charge in [0.1, 0.15) is 36.3 Å². The molecule has 0 unspecified atom stereocenters. The molecule has 346 valence electrons. The standard InChI is InChI=1S/C35H63N13O11S2/c1-5-16(3)26(32(56)46-22(15-61)34(58)59)48-33(57)27(17(4)6-2)47-30(54)20(9-10-23(37)49)45-29(53)19(8-7-11-41-35(39)40)44-31(55)21(12-24(38)50)43-25(51)13-42-28(52)18(36)14-60/h16-22,26-27,60-61H,5-15,36H2,1-4H3,(H2,37,49)(H2,38,50)(H,42,52)(H,43,51)(H,44,55)(H,45,53)(H,46,56)(H,47,54)(H,48,57)(H,58,59)(H4,39,40,41)/t16-,17-,18-,19-,20-,21-,22-,26-,27-/m0/s1. The molecule has 0 aromatic rings. The number of carboxylic acid groups (broad SMARTS) is 1. The van der Waals surface area contributed by atoms with E-state index in [4.69, 9.17) is 28.7 Å². The average molecular weight is 906 g/mol. The van der Waals surface area contributed by atoms with Gasteiger partial charge in [-0.3, -0.25) is 48.1 Å². The summed E-state index contributed by atoms with van der Waals surface area (Å²) in [5.41, 5.74) is 27.1. The summed E-state index contributed by atoms with van der Waals surface area (Å²) in [6.45, 7) is 6.10. The first-order valence-electron chi connectivity index (χ1n) is 19.4. The maximum Gasteiger partial charge on any atom is 0.327 e. The quantitative estimate of drug-likeness (QED) is 0.0139. The highest BCUT2D eigenvalue weighted by molar-refractivity contribution is 7.80. The van der Waals surface area contributed by atoms with Crippen LogP contribution in [-0.2, 0) is 47.9 Å². The van der Waals surface area contributed by atoms with Gasteiger partial charge >= 0.3 is 5.97 Å². The molecule has 0 aliphatic heterocycles. The van der Waals surface area contributed by atoms with Crippen LogP contribution in [0.2, 0.25) is 0 Å². The maximum atomic E-state index is 13.9. The number of nitrogens with zero attached hydrogens (tertiary/aromatic N) is 1. The van der Waals surface area contributed by atoms with Crippen molar-refractivity contribution in [1.29, 1.82) is 0 Å². The molecular formula is C35H63N13O11S2. The van der Waals surface area contributed by atoms with E-state index in [2.05, 4.69) is 67.5 Å². The summed E-state index contributed by atoms with van der Waals surface area (Å²) in [4.78, 5) is 132. The van der Waals surface area contributed by atoms with Gasteiger partial charge in [-0.1, -0.05) is 40.5 Å². The smallest absolute Gasteiger partial charge is 0.327 e. The van der Waals surface area contributed by atoms with Crippen molar-refractivity contribution < 1.29 is 53.1 Å². The third-order valence-corrected chi connectivity index (χ3v) is 10.0. The zero-order chi connectivity index (χ0) is 47.0. The van der Waals surface area contributed by atoms with Gasteiger partial charge in [0.2, 0.25) is 53.2 Å². The average Bonchev–Trinajstić information content (AvgIpc) is 3.20. The fraction of sp³-hybridized carbons (Fsp3) is 0.686. The molecule has 0 fully saturated rings. The second-order valence-electron chi connectivity index (χ2n) is 14.2. The minimum atomic E-state index is -1.65. The number of hydrogen-bond donors (Lipinski definition) is 15. The number of primary amides is 2. The minimum Gasteiger partial charge on any atom is -0.480 e. The number of carbonyl (C=O) groups is 10. The number of nitrogens with two attached hydrogens (primary N) is 5. The van der Waals surface area contributed by atoms with Gasteiger partial charge in [0.25, 0.3) is 0 Å². The molecule has 0 aromatic carbocycles. The van der Waals surface area contributed by atoms with Crippen LogP contribution in [0.1, 0.15) is 72.6 Å². The molecule has 0 saturated carbocycles. The second kappa shape index (κ2) is 29.0. The highest BCUT2D eigenvalue weighted by atomic mass is 32.1. The monoisotopic (exact) mass is 905 g/mol. The first kappa shape index (κ1) is 55.6. The Hall–Kier alpha value is -5.37. The van der Waals surface area contributed by atoms with Gasteiger partial charge in [-0.15, -0.1) is 0 Å². The SMILES string of the molecule is CC[C@H](C)[C@H](NC(=O)[C@H](CCC(N)=O)NC(=O)[C@H](CCCN=C(N)N)NC(=O)[C@H](CC(N)=O)NC(=O)CNC(=O)[C@@H](N)CS)C(=O)N[C@H](C(=O)N[C@@H](CS)C(=O)O)[C@@H](C)CC. The molecule has 26 heteroatoms. The van der Waals surface area contributed by atoms with E-state index < -0.39 is 133 Å². The topological polar surface area (TPSA) is 418 Å². The van der Waals surface area contributed by atoms with Gasteiger partial charge in [0.15, 0.2) is 5.96 Å². The van der Waals surface area contributed by atoms with Gasteiger partial charge in [0.05, 0.1) is 19.0 Å². The number of rotatable bonds is 30. The van der Waals surface area contributed by atoms with Gasteiger partial charge in [-0.05, 0) is 31.1 Å². The van der Waals surface area contributed by atoms with Crippen LogP contribution in [0, 0.1) is 11.8 Å². The molecule has 0 bridgehead atoms. The van der Waals surface area contributed by atoms with E-state index in [0.29, 0.717) is 12.8 Å². The highest BCUT2D eigenvalue weighted by Crippen LogP contribution is 2.14. The third-order valence-electron chi connectivity index (χ3n) is 9.29. The van der Waals surface area contributed by atoms with Crippen molar-refractivity contribution in [2.24, 2.45) is 45.5 Å². The number of thiol groups is 2. The molecule has 0 saturated heterocycles. The van der Waals surface area contributed by atoms with Crippen LogP contribution in [0.15, 0.2) is 4.99 Å². The van der Waals surface area contributed by atoms with E-state index in [1.54, 1.807) is 27.7 Å². The predicted molar refractivity (Wildman–Crippen MR) is 229 cm³/mol. The Morgan fingerprint density at radius 3 is 1.54 bits per heavy atom. The summed E-state index contributed by atoms with van der Waals surface area (Å²) in [5.74, 6) is -11.0. The molecule has 0 rings (SSSR count). The van der Waals surface area contributed by atoms with Gasteiger partial charge < -0.3 is 71.0 Å². The van der Waals surface area contributed by atoms with Crippen molar-refractivity contribution in [2.75, 3.05) is 24.6 Å². The zero-order valence-corrected chi connectivity index (χ0v) is 36.5. The van der Waals surface area contributed by atoms with Crippen LogP contribution < -0.4 is 65.9 Å². The van der Waals surface area contributed by atoms with Crippen molar-refractivity contribution >= 4 is 90.4 Å². The lowest BCUT2D eigenvalue weighted by Gasteiger charge is -2.30. The Kier molecular flexibility index (Phi) is 26.4. The Balaban J connectivity index is 6.59. The number of carbonyl (C=O) groups excluding carboxylic acids is 9. The molecule has 0 aliphatic carbocycles. The largest absolute Gasteiger partial charge is 0.480 e. The number of guanidine groups is 1. The Morgan fingerprint density at radius 2 is 1.08 bits per heavy atom. The van der Waals surface area contributed by atoms with Crippen molar-refractivity contribution in [3.63, 3.8) is 0 Å². The highest BCUT2D eigenvalue weighted by Gasteiger charge is 2.36. The summed E-state index contributed by atoms with van der Waals surface area (Å²) < 4.78 is 0. The minimum absolute atomic E-state index is 0.0177. The van der Waals surface area contributed by atoms with Crippen LogP contribution in [0.25, 0.3) is 0 Å². The number of carboxylic acids is 1. The molecule has 0 aromatic heterocycles. The van der Waals surface area contributed by atoms with E-state index in [0.717, 1.165) is 0 Å². The van der Waals surface area contributed by atoms with Crippen LogP contribution in [0.4, 0.5) is 0 Å². The van der Waals surface area contributed by atoms with Crippen LogP contribution in [0.5, 0.6) is 0 Å². The summed E-state index contributed by atoms with van der Waals surface area (Å²) >= 11 is 7.87. The molecule has 9 atom stereocenters. The number of hydrogen-bond acceptors (Lipinski definition) is 14. The van der Waals surface area contributed by atoms with Crippen LogP contribution in [-0.4, -0.2) is 137 Å². The Morgan fingerprint density at radius 1 is 0.607 bits per heavy atom. The lowest BCUT2D eigenvalue weighted by atomic mass is 9.94. The molecule has 0 spiro atoms. The summed E-state index contributed by atoms with van der Waals surface area (Å²) in [6, 6.07) is -9.64. The maximum absolute atomic E-state index is 13.9. The van der Waals surface area contributed by atoms with Crippen molar-refractivity contribution in [2.45, 2.75) is 115 Å². The van der Waals surface area contributed by atoms with Crippen LogP contribution >= 0.6 is 25.3 Å². The first-order valence-corrected chi connectivity index (χ1v) is 20.7. The lowest BCUT2D eigenvalue weighted by molar-refractivity contribution is -0.142. The number of amides is 9. The van der Waals surface area contributed by atoms with E-state index in [9.17, 15) is 53.1 Å². The first-order chi connectivity index (χ1) is 28.5. The van der Waals surface area contributed by atoms with Gasteiger partial charge in [-0.2, -0.15) is 25.3 Å². The van der Waals surface area contributed by atoms with E-state index in [1.165, 1.54) is 0 Å². The lowest BCUT2D eigenvalue weighted by Crippen LogP contribution is -2.61. The second-order valence-corrected chi connectivity index (χ2v) is 14.9. The van der Waals surface area contributed by atoms with Crippen molar-refractivity contribution in [1.82, 2.24) is 37.2 Å². The van der Waals surface area contributed by atoms with Gasteiger partial charge in [-0.25, -0.2) is 4.79 Å². The van der Waals surface area contributed by atoms with Crippen molar-refractivity contribution in [3.05, 3.63) is 0 Å². The van der Waals surface area contributed by atoms with E-state index in [-0.39, 0.29) is 43.3 Å². The van der Waals surface area contributed by atoms with Gasteiger partial charge in [0, 0.05) is 24.5 Å². The molecule has 0 aliphatic rings. The molecule has 0 heterocycles. The van der Waals surface area contributed by atoms with Crippen LogP contribution in [0.3, 0.4) is 0 Å². The molecular weight excluding hydrogens is 843 g/mol. The zero-order valence-electron chi connectivity index (χ0n) is 34.7. The molecule has 9 amide bonds. The van der Waals surface area contributed by atoms with E-state index in [1.807, 2.05) is 0 Å². The molecule has 24 nitrogen and oxygen atoms in total. The molecule has 0 radical (unpaired) electrons. The molecule has 61 heavy (non-hydrogen) atoms. The summed E-state index contributed by atoms with van der Waals surface area (Å²) in [5, 5.41) is 26.3. The Labute approximate surface area is 364 Å². The number of aliphatic imine (C=N–C) groups is 1. The van der Waals surface area contributed by atoms with E-state index >= 15 is 0 Å². The fourth-order valence-corrected chi connectivity index (χ4v) is 5.67. The fourth-order valence-electron chi connectivity index (χ4n) is 5.26. The third kappa shape index (κ3) is 21.6. The predicted octanol–water partition coefficient (Wildman–Crippen LogP) is -5.43. The summed E-state index contributed by atoms with van der Waals surface area (Å²) in [6.07, 6.45) is -0.920. The normalized spacial score (nSPS) is 15.3. The van der Waals surface area contributed by atoms with Crippen molar-refractivity contribution in [3.8, 4) is 0 Å². The number of nitrogens with one attached hydrogen (secondary N) is 7. The summed E-state index contributed by atoms with van der Waals surface area (Å²) in [7, 11) is 0.